The van der Waals surface area contributed by atoms with E-state index in [4.69, 9.17) is 0 Å². The number of aliphatic hydroxyl groups is 1. The van der Waals surface area contributed by atoms with Gasteiger partial charge in [-0.3, -0.25) is 14.7 Å². The van der Waals surface area contributed by atoms with Crippen LogP contribution in [0.1, 0.15) is 49.8 Å². The lowest BCUT2D eigenvalue weighted by Crippen LogP contribution is -2.30. The third-order valence-electron chi connectivity index (χ3n) is 5.52. The third-order valence-corrected chi connectivity index (χ3v) is 5.52. The normalized spacial score (nSPS) is 16.7. The first-order valence-electron chi connectivity index (χ1n) is 9.78. The zero-order valence-corrected chi connectivity index (χ0v) is 16.6. The summed E-state index contributed by atoms with van der Waals surface area (Å²) in [5.74, 6) is -0.961. The molecule has 1 aromatic carbocycles. The second-order valence-corrected chi connectivity index (χ2v) is 7.96. The number of pyridine rings is 1. The first kappa shape index (κ1) is 21.2. The highest BCUT2D eigenvalue weighted by atomic mass is 19.4. The van der Waals surface area contributed by atoms with Gasteiger partial charge in [0.05, 0.1) is 17.6 Å². The van der Waals surface area contributed by atoms with E-state index < -0.39 is 29.1 Å². The minimum Gasteiger partial charge on any atom is -0.385 e. The van der Waals surface area contributed by atoms with Crippen molar-refractivity contribution in [3.63, 3.8) is 0 Å². The fourth-order valence-electron chi connectivity index (χ4n) is 3.61. The number of carbonyl (C=O) groups excluding carboxylic acids is 1. The minimum atomic E-state index is -4.56. The SMILES string of the molecule is C[C@](O)(CC(=O)Nc1nc2cc(C(F)(F)F)cnc2n1C1CCC1)c1ccc(F)cc1. The number of fused-ring (bicyclic) bond motifs is 1. The molecular formula is C21H20F4N4O2. The van der Waals surface area contributed by atoms with Crippen molar-refractivity contribution in [2.45, 2.75) is 50.4 Å². The summed E-state index contributed by atoms with van der Waals surface area (Å²) in [7, 11) is 0. The third kappa shape index (κ3) is 4.25. The molecule has 1 aliphatic carbocycles. The predicted octanol–water partition coefficient (Wildman–Crippen LogP) is 4.55. The molecule has 6 nitrogen and oxygen atoms in total. The van der Waals surface area contributed by atoms with Gasteiger partial charge in [0.2, 0.25) is 11.9 Å². The van der Waals surface area contributed by atoms with Gasteiger partial charge in [-0.1, -0.05) is 12.1 Å². The summed E-state index contributed by atoms with van der Waals surface area (Å²) < 4.78 is 53.9. The van der Waals surface area contributed by atoms with Crippen LogP contribution in [0.5, 0.6) is 0 Å². The lowest BCUT2D eigenvalue weighted by atomic mass is 9.92. The van der Waals surface area contributed by atoms with Gasteiger partial charge in [-0.2, -0.15) is 13.2 Å². The van der Waals surface area contributed by atoms with Gasteiger partial charge in [-0.25, -0.2) is 14.4 Å². The van der Waals surface area contributed by atoms with E-state index in [1.54, 1.807) is 4.57 Å². The fraction of sp³-hybridized carbons (Fsp3) is 0.381. The summed E-state index contributed by atoms with van der Waals surface area (Å²) in [6.45, 7) is 1.42. The molecule has 1 saturated carbocycles. The molecule has 1 fully saturated rings. The van der Waals surface area contributed by atoms with Crippen LogP contribution in [0.15, 0.2) is 36.5 Å². The quantitative estimate of drug-likeness (QED) is 0.575. The fourth-order valence-corrected chi connectivity index (χ4v) is 3.61. The molecule has 4 rings (SSSR count). The number of aromatic nitrogens is 3. The number of nitrogens with zero attached hydrogens (tertiary/aromatic N) is 3. The molecule has 1 atom stereocenters. The summed E-state index contributed by atoms with van der Waals surface area (Å²) in [4.78, 5) is 20.8. The Hall–Kier alpha value is -3.01. The van der Waals surface area contributed by atoms with Crippen molar-refractivity contribution in [2.75, 3.05) is 5.32 Å². The molecule has 2 heterocycles. The molecule has 0 aliphatic heterocycles. The van der Waals surface area contributed by atoms with Crippen molar-refractivity contribution in [1.82, 2.24) is 14.5 Å². The highest BCUT2D eigenvalue weighted by Gasteiger charge is 2.34. The molecule has 0 spiro atoms. The zero-order chi connectivity index (χ0) is 22.4. The van der Waals surface area contributed by atoms with Crippen molar-refractivity contribution in [3.8, 4) is 0 Å². The summed E-state index contributed by atoms with van der Waals surface area (Å²) in [5.41, 5.74) is -1.85. The van der Waals surface area contributed by atoms with E-state index in [2.05, 4.69) is 15.3 Å². The van der Waals surface area contributed by atoms with Gasteiger partial charge in [0.15, 0.2) is 5.65 Å². The van der Waals surface area contributed by atoms with Gasteiger partial charge in [0.1, 0.15) is 11.3 Å². The predicted molar refractivity (Wildman–Crippen MR) is 105 cm³/mol. The van der Waals surface area contributed by atoms with Crippen molar-refractivity contribution in [1.29, 1.82) is 0 Å². The van der Waals surface area contributed by atoms with Gasteiger partial charge >= 0.3 is 6.18 Å². The number of hydrogen-bond donors (Lipinski definition) is 2. The average Bonchev–Trinajstić information content (AvgIpc) is 2.96. The van der Waals surface area contributed by atoms with Crippen molar-refractivity contribution in [2.24, 2.45) is 0 Å². The van der Waals surface area contributed by atoms with E-state index in [0.717, 1.165) is 31.5 Å². The Bertz CT molecular complexity index is 1120. The van der Waals surface area contributed by atoms with Crippen molar-refractivity contribution < 1.29 is 27.5 Å². The summed E-state index contributed by atoms with van der Waals surface area (Å²) in [6, 6.07) is 6.01. The second-order valence-electron chi connectivity index (χ2n) is 7.96. The topological polar surface area (TPSA) is 80.0 Å². The maximum Gasteiger partial charge on any atom is 0.417 e. The van der Waals surface area contributed by atoms with Crippen molar-refractivity contribution in [3.05, 3.63) is 53.5 Å². The highest BCUT2D eigenvalue weighted by Crippen LogP contribution is 2.38. The van der Waals surface area contributed by atoms with Crippen LogP contribution in [-0.2, 0) is 16.6 Å². The number of alkyl halides is 3. The Balaban J connectivity index is 1.62. The zero-order valence-electron chi connectivity index (χ0n) is 16.6. The van der Waals surface area contributed by atoms with Crippen LogP contribution in [-0.4, -0.2) is 25.5 Å². The molecule has 0 unspecified atom stereocenters. The number of nitrogens with one attached hydrogen (secondary N) is 1. The number of anilines is 1. The van der Waals surface area contributed by atoms with Crippen molar-refractivity contribution >= 4 is 23.0 Å². The molecule has 0 saturated heterocycles. The summed E-state index contributed by atoms with van der Waals surface area (Å²) >= 11 is 0. The van der Waals surface area contributed by atoms with E-state index in [9.17, 15) is 27.5 Å². The van der Waals surface area contributed by atoms with Crippen LogP contribution in [0.2, 0.25) is 0 Å². The van der Waals surface area contributed by atoms with Crippen LogP contribution in [0, 0.1) is 5.82 Å². The van der Waals surface area contributed by atoms with Crippen LogP contribution < -0.4 is 5.32 Å². The van der Waals surface area contributed by atoms with E-state index >= 15 is 0 Å². The van der Waals surface area contributed by atoms with Crippen LogP contribution in [0.3, 0.4) is 0 Å². The molecule has 1 amide bonds. The van der Waals surface area contributed by atoms with Crippen LogP contribution >= 0.6 is 0 Å². The number of halogens is 4. The molecule has 164 valence electrons. The Morgan fingerprint density at radius 3 is 2.48 bits per heavy atom. The lowest BCUT2D eigenvalue weighted by molar-refractivity contribution is -0.137. The molecule has 31 heavy (non-hydrogen) atoms. The van der Waals surface area contributed by atoms with Crippen LogP contribution in [0.4, 0.5) is 23.5 Å². The minimum absolute atomic E-state index is 0.0258. The van der Waals surface area contributed by atoms with E-state index in [0.29, 0.717) is 5.56 Å². The van der Waals surface area contributed by atoms with Gasteiger partial charge < -0.3 is 5.11 Å². The summed E-state index contributed by atoms with van der Waals surface area (Å²) in [6.07, 6.45) is -1.61. The first-order valence-corrected chi connectivity index (χ1v) is 9.78. The van der Waals surface area contributed by atoms with Gasteiger partial charge in [-0.15, -0.1) is 0 Å². The van der Waals surface area contributed by atoms with E-state index in [-0.39, 0.29) is 29.6 Å². The molecule has 0 bridgehead atoms. The molecule has 0 radical (unpaired) electrons. The van der Waals surface area contributed by atoms with Gasteiger partial charge in [-0.05, 0) is 49.9 Å². The highest BCUT2D eigenvalue weighted by molar-refractivity contribution is 5.91. The Kier molecular flexibility index (Phi) is 5.20. The number of benzene rings is 1. The second kappa shape index (κ2) is 7.60. The maximum atomic E-state index is 13.1. The number of imidazole rings is 1. The molecule has 1 aliphatic rings. The molecular weight excluding hydrogens is 416 g/mol. The molecule has 10 heteroatoms. The molecule has 2 N–H and O–H groups in total. The van der Waals surface area contributed by atoms with Crippen LogP contribution in [0.25, 0.3) is 11.2 Å². The Labute approximate surface area is 174 Å². The first-order chi connectivity index (χ1) is 14.5. The Morgan fingerprint density at radius 2 is 1.90 bits per heavy atom. The molecule has 3 aromatic rings. The Morgan fingerprint density at radius 1 is 1.23 bits per heavy atom. The van der Waals surface area contributed by atoms with Gasteiger partial charge in [0.25, 0.3) is 0 Å². The maximum absolute atomic E-state index is 13.1. The number of rotatable bonds is 5. The van der Waals surface area contributed by atoms with E-state index in [1.807, 2.05) is 0 Å². The smallest absolute Gasteiger partial charge is 0.385 e. The number of carbonyl (C=O) groups is 1. The molecule has 2 aromatic heterocycles. The average molecular weight is 436 g/mol. The van der Waals surface area contributed by atoms with Gasteiger partial charge in [0, 0.05) is 12.2 Å². The number of amides is 1. The lowest BCUT2D eigenvalue weighted by Gasteiger charge is -2.29. The standard InChI is InChI=1S/C21H20F4N4O2/c1-20(31,12-5-7-14(22)8-6-12)10-17(30)28-19-27-16-9-13(21(23,24)25)11-26-18(16)29(19)15-3-2-4-15/h5-9,11,15,31H,2-4,10H2,1H3,(H,27,28,30)/t20-/m0/s1. The monoisotopic (exact) mass is 436 g/mol. The summed E-state index contributed by atoms with van der Waals surface area (Å²) in [5, 5.41) is 13.3. The van der Waals surface area contributed by atoms with E-state index in [1.165, 1.54) is 31.2 Å². The largest absolute Gasteiger partial charge is 0.417 e. The number of hydrogen-bond acceptors (Lipinski definition) is 4.